The van der Waals surface area contributed by atoms with Gasteiger partial charge in [-0.15, -0.1) is 0 Å². The highest BCUT2D eigenvalue weighted by Crippen LogP contribution is 2.22. The molecule has 0 aliphatic carbocycles. The average molecular weight is 310 g/mol. The number of nitrogens with one attached hydrogen (secondary N) is 1. The first-order valence-corrected chi connectivity index (χ1v) is 8.27. The molecule has 1 aliphatic heterocycles. The van der Waals surface area contributed by atoms with Crippen molar-refractivity contribution >= 4 is 23.7 Å². The number of carbonyl (C=O) groups is 2. The molecular weight excluding hydrogens is 288 g/mol. The maximum Gasteiger partial charge on any atom is 0.324 e. The monoisotopic (exact) mass is 310 g/mol. The fraction of sp³-hybridized carbons (Fsp3) is 0.643. The summed E-state index contributed by atoms with van der Waals surface area (Å²) in [6.45, 7) is 7.78. The first-order valence-electron chi connectivity index (χ1n) is 7.29. The van der Waals surface area contributed by atoms with Crippen LogP contribution in [0, 0.1) is 13.8 Å². The number of hydrogen-bond donors (Lipinski definition) is 1. The van der Waals surface area contributed by atoms with Gasteiger partial charge in [0, 0.05) is 24.5 Å². The summed E-state index contributed by atoms with van der Waals surface area (Å²) < 4.78 is 2.23. The van der Waals surface area contributed by atoms with Crippen LogP contribution >= 0.6 is 11.8 Å². The molecule has 1 saturated heterocycles. The molecule has 0 saturated carbocycles. The largest absolute Gasteiger partial charge is 0.329 e. The number of unbranched alkanes of at least 4 members (excludes halogenated alkanes) is 1. The molecule has 6 nitrogen and oxygen atoms in total. The Kier molecular flexibility index (Phi) is 5.27. The van der Waals surface area contributed by atoms with Crippen molar-refractivity contribution in [2.45, 2.75) is 45.3 Å². The molecule has 0 aromatic carbocycles. The van der Waals surface area contributed by atoms with Gasteiger partial charge in [0.05, 0.1) is 12.2 Å². The third-order valence-electron chi connectivity index (χ3n) is 3.64. The normalized spacial score (nSPS) is 14.9. The van der Waals surface area contributed by atoms with E-state index in [1.54, 1.807) is 11.8 Å². The Labute approximate surface area is 129 Å². The van der Waals surface area contributed by atoms with Gasteiger partial charge in [0.1, 0.15) is 0 Å². The van der Waals surface area contributed by atoms with E-state index in [1.165, 1.54) is 10.6 Å². The van der Waals surface area contributed by atoms with Crippen molar-refractivity contribution in [2.24, 2.45) is 0 Å². The fourth-order valence-electron chi connectivity index (χ4n) is 2.22. The Morgan fingerprint density at radius 2 is 2.05 bits per heavy atom. The van der Waals surface area contributed by atoms with Crippen molar-refractivity contribution in [3.8, 4) is 0 Å². The van der Waals surface area contributed by atoms with E-state index in [9.17, 15) is 9.59 Å². The Morgan fingerprint density at radius 3 is 2.67 bits per heavy atom. The summed E-state index contributed by atoms with van der Waals surface area (Å²) in [4.78, 5) is 28.8. The quantitative estimate of drug-likeness (QED) is 0.617. The summed E-state index contributed by atoms with van der Waals surface area (Å²) in [5.74, 6) is 0.517. The van der Waals surface area contributed by atoms with Crippen LogP contribution in [0.1, 0.15) is 31.2 Å². The van der Waals surface area contributed by atoms with Crippen LogP contribution in [0.3, 0.4) is 0 Å². The van der Waals surface area contributed by atoms with Crippen molar-refractivity contribution in [1.82, 2.24) is 19.8 Å². The van der Waals surface area contributed by atoms with Crippen LogP contribution in [0.5, 0.6) is 0 Å². The molecule has 116 valence electrons. The van der Waals surface area contributed by atoms with Crippen LogP contribution in [0.15, 0.2) is 5.16 Å². The highest BCUT2D eigenvalue weighted by Gasteiger charge is 2.27. The molecule has 7 heteroatoms. The summed E-state index contributed by atoms with van der Waals surface area (Å²) in [5, 5.41) is 3.51. The number of nitrogens with zero attached hydrogens (tertiary/aromatic N) is 3. The summed E-state index contributed by atoms with van der Waals surface area (Å²) in [7, 11) is 0. The molecule has 0 radical (unpaired) electrons. The molecule has 2 heterocycles. The third-order valence-corrected chi connectivity index (χ3v) is 4.60. The highest BCUT2D eigenvalue weighted by atomic mass is 32.2. The zero-order valence-electron chi connectivity index (χ0n) is 12.8. The van der Waals surface area contributed by atoms with Crippen LogP contribution in [-0.4, -0.2) is 45.2 Å². The van der Waals surface area contributed by atoms with E-state index in [-0.39, 0.29) is 18.5 Å². The predicted octanol–water partition coefficient (Wildman–Crippen LogP) is 1.94. The van der Waals surface area contributed by atoms with Gasteiger partial charge in [0.2, 0.25) is 5.91 Å². The second-order valence-corrected chi connectivity index (χ2v) is 6.19. The van der Waals surface area contributed by atoms with E-state index in [4.69, 9.17) is 0 Å². The van der Waals surface area contributed by atoms with Crippen molar-refractivity contribution in [3.05, 3.63) is 11.4 Å². The summed E-state index contributed by atoms with van der Waals surface area (Å²) in [6.07, 6.45) is 2.26. The molecular formula is C14H22N4O2S. The Morgan fingerprint density at radius 1 is 1.29 bits per heavy atom. The topological polar surface area (TPSA) is 67.2 Å². The van der Waals surface area contributed by atoms with Crippen molar-refractivity contribution in [3.63, 3.8) is 0 Å². The second kappa shape index (κ2) is 6.98. The van der Waals surface area contributed by atoms with Crippen LogP contribution in [0.4, 0.5) is 4.79 Å². The molecule has 0 unspecified atom stereocenters. The zero-order valence-corrected chi connectivity index (χ0v) is 13.6. The molecule has 1 aromatic rings. The number of amides is 3. The van der Waals surface area contributed by atoms with Gasteiger partial charge in [-0.2, -0.15) is 0 Å². The number of imidazole rings is 1. The predicted molar refractivity (Wildman–Crippen MR) is 82.4 cm³/mol. The number of aromatic nitrogens is 2. The van der Waals surface area contributed by atoms with Gasteiger partial charge in [0.25, 0.3) is 0 Å². The Bertz CT molecular complexity index is 525. The summed E-state index contributed by atoms with van der Waals surface area (Å²) in [6, 6.07) is -0.290. The number of carbonyl (C=O) groups excluding carboxylic acids is 2. The maximum absolute atomic E-state index is 11.5. The summed E-state index contributed by atoms with van der Waals surface area (Å²) in [5.41, 5.74) is 2.24. The number of thioether (sulfide) groups is 1. The molecule has 1 N–H and O–H groups in total. The third kappa shape index (κ3) is 3.58. The summed E-state index contributed by atoms with van der Waals surface area (Å²) >= 11 is 1.60. The molecule has 1 fully saturated rings. The number of urea groups is 1. The number of hydrogen-bond acceptors (Lipinski definition) is 4. The SMILES string of the molecule is CCCCn1c(SCCN2C(=O)CNC2=O)nc(C)c1C. The van der Waals surface area contributed by atoms with Crippen LogP contribution in [0.25, 0.3) is 0 Å². The molecule has 0 atom stereocenters. The van der Waals surface area contributed by atoms with E-state index in [1.807, 2.05) is 6.92 Å². The molecule has 1 aliphatic rings. The van der Waals surface area contributed by atoms with Gasteiger partial charge in [-0.3, -0.25) is 9.69 Å². The average Bonchev–Trinajstić information content (AvgIpc) is 2.91. The van der Waals surface area contributed by atoms with E-state index >= 15 is 0 Å². The molecule has 0 spiro atoms. The minimum absolute atomic E-state index is 0.118. The molecule has 0 bridgehead atoms. The van der Waals surface area contributed by atoms with Gasteiger partial charge in [0.15, 0.2) is 5.16 Å². The van der Waals surface area contributed by atoms with E-state index in [0.29, 0.717) is 12.3 Å². The smallest absolute Gasteiger partial charge is 0.324 e. The van der Waals surface area contributed by atoms with Gasteiger partial charge < -0.3 is 9.88 Å². The standard InChI is InChI=1S/C14H22N4O2S/c1-4-5-6-17-11(3)10(2)16-14(17)21-8-7-18-12(19)9-15-13(18)20/h4-9H2,1-3H3,(H,15,20). The first-order chi connectivity index (χ1) is 10.0. The van der Waals surface area contributed by atoms with E-state index in [2.05, 4.69) is 28.7 Å². The minimum Gasteiger partial charge on any atom is -0.329 e. The molecule has 21 heavy (non-hydrogen) atoms. The molecule has 2 rings (SSSR count). The van der Waals surface area contributed by atoms with Crippen LogP contribution in [-0.2, 0) is 11.3 Å². The minimum atomic E-state index is -0.290. The lowest BCUT2D eigenvalue weighted by atomic mass is 10.3. The lowest BCUT2D eigenvalue weighted by molar-refractivity contribution is -0.124. The van der Waals surface area contributed by atoms with Gasteiger partial charge in [-0.05, 0) is 20.3 Å². The second-order valence-electron chi connectivity index (χ2n) is 5.12. The van der Waals surface area contributed by atoms with Gasteiger partial charge in [-0.1, -0.05) is 25.1 Å². The number of imide groups is 1. The van der Waals surface area contributed by atoms with Gasteiger partial charge >= 0.3 is 6.03 Å². The fourth-order valence-corrected chi connectivity index (χ4v) is 3.27. The Hall–Kier alpha value is -1.50. The first kappa shape index (κ1) is 15.9. The van der Waals surface area contributed by atoms with Crippen molar-refractivity contribution in [1.29, 1.82) is 0 Å². The van der Waals surface area contributed by atoms with E-state index in [0.717, 1.165) is 30.2 Å². The highest BCUT2D eigenvalue weighted by molar-refractivity contribution is 7.99. The van der Waals surface area contributed by atoms with Crippen LogP contribution < -0.4 is 5.32 Å². The van der Waals surface area contributed by atoms with Gasteiger partial charge in [-0.25, -0.2) is 9.78 Å². The van der Waals surface area contributed by atoms with Crippen molar-refractivity contribution in [2.75, 3.05) is 18.8 Å². The Balaban J connectivity index is 1.95. The zero-order chi connectivity index (χ0) is 15.4. The lowest BCUT2D eigenvalue weighted by Gasteiger charge is -2.12. The van der Waals surface area contributed by atoms with E-state index < -0.39 is 0 Å². The molecule has 1 aromatic heterocycles. The van der Waals surface area contributed by atoms with Crippen LogP contribution in [0.2, 0.25) is 0 Å². The van der Waals surface area contributed by atoms with Crippen molar-refractivity contribution < 1.29 is 9.59 Å². The number of rotatable bonds is 7. The lowest BCUT2D eigenvalue weighted by Crippen LogP contribution is -2.32. The number of aryl methyl sites for hydroxylation is 1. The molecule has 3 amide bonds. The maximum atomic E-state index is 11.5.